The minimum atomic E-state index is -0.239. The van der Waals surface area contributed by atoms with E-state index in [4.69, 9.17) is 4.42 Å². The van der Waals surface area contributed by atoms with E-state index in [0.717, 1.165) is 51.6 Å². The number of piperazine rings is 1. The van der Waals surface area contributed by atoms with E-state index in [2.05, 4.69) is 47.0 Å². The highest BCUT2D eigenvalue weighted by molar-refractivity contribution is 9.12. The average molecular weight is 517 g/mol. The molecule has 144 valence electrons. The van der Waals surface area contributed by atoms with E-state index in [0.29, 0.717) is 18.5 Å². The lowest BCUT2D eigenvalue weighted by atomic mass is 10.2. The first-order valence-corrected chi connectivity index (χ1v) is 11.2. The molecule has 6 nitrogen and oxygen atoms in total. The molecule has 1 fully saturated rings. The van der Waals surface area contributed by atoms with Crippen molar-refractivity contribution in [3.63, 3.8) is 0 Å². The molecule has 2 aromatic rings. The van der Waals surface area contributed by atoms with Crippen molar-refractivity contribution in [1.82, 2.24) is 15.1 Å². The summed E-state index contributed by atoms with van der Waals surface area (Å²) in [6.45, 7) is 4.66. The number of furan rings is 1. The maximum absolute atomic E-state index is 12.5. The molecule has 2 aromatic heterocycles. The van der Waals surface area contributed by atoms with Crippen LogP contribution >= 0.6 is 43.2 Å². The van der Waals surface area contributed by atoms with E-state index in [1.165, 1.54) is 11.3 Å². The highest BCUT2D eigenvalue weighted by atomic mass is 79.9. The Morgan fingerprint density at radius 1 is 1.22 bits per heavy atom. The fourth-order valence-corrected chi connectivity index (χ4v) is 7.01. The van der Waals surface area contributed by atoms with Crippen molar-refractivity contribution < 1.29 is 14.0 Å². The topological polar surface area (TPSA) is 65.8 Å². The molecule has 0 saturated carbocycles. The summed E-state index contributed by atoms with van der Waals surface area (Å²) in [6, 6.07) is 3.65. The minimum Gasteiger partial charge on any atom is -0.468 e. The van der Waals surface area contributed by atoms with Gasteiger partial charge in [0.15, 0.2) is 5.78 Å². The molecule has 3 heterocycles. The molecule has 27 heavy (non-hydrogen) atoms. The zero-order valence-corrected chi connectivity index (χ0v) is 18.5. The van der Waals surface area contributed by atoms with Crippen LogP contribution in [0.15, 0.2) is 30.4 Å². The van der Waals surface area contributed by atoms with Crippen LogP contribution in [0.5, 0.6) is 0 Å². The van der Waals surface area contributed by atoms with Gasteiger partial charge < -0.3 is 9.73 Å². The molecule has 0 bridgehead atoms. The van der Waals surface area contributed by atoms with Gasteiger partial charge in [-0.1, -0.05) is 0 Å². The summed E-state index contributed by atoms with van der Waals surface area (Å²) in [7, 11) is 0. The fourth-order valence-electron chi connectivity index (χ4n) is 3.64. The van der Waals surface area contributed by atoms with Crippen LogP contribution in [0.4, 0.5) is 0 Å². The summed E-state index contributed by atoms with van der Waals surface area (Å²) in [5.74, 6) is 1.01. The number of halogens is 2. The second-order valence-electron chi connectivity index (χ2n) is 6.82. The number of rotatable bonds is 5. The number of amides is 1. The molecular formula is C18H19Br2N3O3S. The Balaban J connectivity index is 1.28. The lowest BCUT2D eigenvalue weighted by Crippen LogP contribution is -2.49. The van der Waals surface area contributed by atoms with Crippen LogP contribution in [0.1, 0.15) is 34.1 Å². The molecule has 0 radical (unpaired) electrons. The number of hydrogen-bond acceptors (Lipinski definition) is 6. The molecule has 1 atom stereocenters. The number of carbonyl (C=O) groups excluding carboxylic acids is 2. The van der Waals surface area contributed by atoms with Gasteiger partial charge in [-0.05, 0) is 44.0 Å². The Bertz CT molecular complexity index is 844. The molecule has 1 aliphatic carbocycles. The first kappa shape index (κ1) is 19.3. The summed E-state index contributed by atoms with van der Waals surface area (Å²) in [6.07, 6.45) is 2.03. The Hall–Kier alpha value is -1.00. The van der Waals surface area contributed by atoms with Gasteiger partial charge in [-0.15, -0.1) is 11.3 Å². The van der Waals surface area contributed by atoms with Gasteiger partial charge in [0.05, 0.1) is 33.0 Å². The highest BCUT2D eigenvalue weighted by Gasteiger charge is 2.36. The van der Waals surface area contributed by atoms with Crippen LogP contribution in [-0.4, -0.2) is 54.2 Å². The van der Waals surface area contributed by atoms with Crippen LogP contribution < -0.4 is 5.32 Å². The van der Waals surface area contributed by atoms with Crippen molar-refractivity contribution in [1.29, 1.82) is 0 Å². The standard InChI is InChI=1S/C18H19Br2N3O3S/c19-17-15-12(8-13(24)16(15)18(20)27-17)21-14(25)10-23-5-3-22(4-6-23)9-11-2-1-7-26-11/h1-2,7,12H,3-6,8-10H2,(H,21,25). The maximum atomic E-state index is 12.5. The molecule has 1 unspecified atom stereocenters. The average Bonchev–Trinajstić information content (AvgIpc) is 3.30. The number of carbonyl (C=O) groups is 2. The molecule has 0 aromatic carbocycles. The minimum absolute atomic E-state index is 0.0330. The summed E-state index contributed by atoms with van der Waals surface area (Å²) in [5, 5.41) is 3.04. The third-order valence-electron chi connectivity index (χ3n) is 5.00. The lowest BCUT2D eigenvalue weighted by Gasteiger charge is -2.34. The number of fused-ring (bicyclic) bond motifs is 1. The van der Waals surface area contributed by atoms with Crippen LogP contribution in [0.25, 0.3) is 0 Å². The van der Waals surface area contributed by atoms with Crippen LogP contribution in [0.2, 0.25) is 0 Å². The van der Waals surface area contributed by atoms with Crippen LogP contribution in [0, 0.1) is 0 Å². The largest absolute Gasteiger partial charge is 0.468 e. The molecule has 2 aliphatic rings. The Morgan fingerprint density at radius 2 is 1.96 bits per heavy atom. The second-order valence-corrected chi connectivity index (χ2v) is 10.5. The van der Waals surface area contributed by atoms with E-state index in [9.17, 15) is 9.59 Å². The summed E-state index contributed by atoms with van der Waals surface area (Å²) in [4.78, 5) is 29.2. The number of nitrogens with zero attached hydrogens (tertiary/aromatic N) is 2. The van der Waals surface area contributed by atoms with Gasteiger partial charge in [0, 0.05) is 43.7 Å². The van der Waals surface area contributed by atoms with Gasteiger partial charge in [-0.25, -0.2) is 0 Å². The van der Waals surface area contributed by atoms with Gasteiger partial charge >= 0.3 is 0 Å². The third kappa shape index (κ3) is 4.22. The van der Waals surface area contributed by atoms with E-state index < -0.39 is 0 Å². The summed E-state index contributed by atoms with van der Waals surface area (Å²) in [5.41, 5.74) is 1.62. The maximum Gasteiger partial charge on any atom is 0.234 e. The molecule has 1 saturated heterocycles. The number of thiophene rings is 1. The van der Waals surface area contributed by atoms with Gasteiger partial charge in [0.1, 0.15) is 5.76 Å². The first-order valence-electron chi connectivity index (χ1n) is 8.78. The Morgan fingerprint density at radius 3 is 2.67 bits per heavy atom. The van der Waals surface area contributed by atoms with E-state index in [1.54, 1.807) is 6.26 Å². The number of Topliss-reactive ketones (excluding diaryl/α,β-unsaturated/α-hetero) is 1. The molecule has 0 spiro atoms. The fraction of sp³-hybridized carbons (Fsp3) is 0.444. The third-order valence-corrected chi connectivity index (χ3v) is 7.58. The van der Waals surface area contributed by atoms with Gasteiger partial charge in [0.25, 0.3) is 0 Å². The Labute approximate surface area is 178 Å². The van der Waals surface area contributed by atoms with Crippen molar-refractivity contribution in [3.05, 3.63) is 42.9 Å². The van der Waals surface area contributed by atoms with Crippen molar-refractivity contribution >= 4 is 54.9 Å². The van der Waals surface area contributed by atoms with E-state index in [1.807, 2.05) is 12.1 Å². The van der Waals surface area contributed by atoms with Crippen molar-refractivity contribution in [3.8, 4) is 0 Å². The molecule has 4 rings (SSSR count). The number of ketones is 1. The van der Waals surface area contributed by atoms with Gasteiger partial charge in [-0.3, -0.25) is 19.4 Å². The summed E-state index contributed by atoms with van der Waals surface area (Å²) >= 11 is 8.44. The highest BCUT2D eigenvalue weighted by Crippen LogP contribution is 2.46. The smallest absolute Gasteiger partial charge is 0.234 e. The molecule has 9 heteroatoms. The normalized spacial score (nSPS) is 20.8. The Kier molecular flexibility index (Phi) is 5.84. The first-order chi connectivity index (χ1) is 13.0. The zero-order valence-electron chi connectivity index (χ0n) is 14.5. The molecular weight excluding hydrogens is 498 g/mol. The number of nitrogens with one attached hydrogen (secondary N) is 1. The van der Waals surface area contributed by atoms with Crippen LogP contribution in [-0.2, 0) is 11.3 Å². The van der Waals surface area contributed by atoms with Crippen molar-refractivity contribution in [2.24, 2.45) is 0 Å². The van der Waals surface area contributed by atoms with Gasteiger partial charge in [0.2, 0.25) is 5.91 Å². The van der Waals surface area contributed by atoms with E-state index in [-0.39, 0.29) is 17.7 Å². The molecule has 1 N–H and O–H groups in total. The van der Waals surface area contributed by atoms with Crippen molar-refractivity contribution in [2.75, 3.05) is 32.7 Å². The molecule has 1 amide bonds. The molecule has 1 aliphatic heterocycles. The predicted octanol–water partition coefficient (Wildman–Crippen LogP) is 3.43. The monoisotopic (exact) mass is 515 g/mol. The second kappa shape index (κ2) is 8.16. The predicted molar refractivity (Wildman–Crippen MR) is 110 cm³/mol. The SMILES string of the molecule is O=C(CN1CCN(Cc2ccco2)CC1)NC1CC(=O)c2c(Br)sc(Br)c21. The summed E-state index contributed by atoms with van der Waals surface area (Å²) < 4.78 is 7.14. The zero-order chi connectivity index (χ0) is 19.0. The van der Waals surface area contributed by atoms with Crippen molar-refractivity contribution in [2.45, 2.75) is 19.0 Å². The van der Waals surface area contributed by atoms with Gasteiger partial charge in [-0.2, -0.15) is 0 Å². The quantitative estimate of drug-likeness (QED) is 0.659. The lowest BCUT2D eigenvalue weighted by molar-refractivity contribution is -0.123. The van der Waals surface area contributed by atoms with Crippen LogP contribution in [0.3, 0.4) is 0 Å². The number of hydrogen-bond donors (Lipinski definition) is 1. The van der Waals surface area contributed by atoms with E-state index >= 15 is 0 Å².